The number of carbonyl (C=O) groups excluding carboxylic acids is 4. The van der Waals surface area contributed by atoms with Gasteiger partial charge in [-0.3, -0.25) is 14.4 Å². The van der Waals surface area contributed by atoms with Crippen LogP contribution < -0.4 is 25.0 Å². The molecule has 194 valence electrons. The lowest BCUT2D eigenvalue weighted by molar-refractivity contribution is -0.120. The predicted octanol–water partition coefficient (Wildman–Crippen LogP) is 4.18. The summed E-state index contributed by atoms with van der Waals surface area (Å²) in [5.41, 5.74) is 1.72. The number of imide groups is 1. The van der Waals surface area contributed by atoms with E-state index in [1.54, 1.807) is 48.5 Å². The monoisotopic (exact) mass is 535 g/mol. The van der Waals surface area contributed by atoms with Crippen LogP contribution in [0.25, 0.3) is 0 Å². The smallest absolute Gasteiger partial charge is 0.337 e. The molecule has 38 heavy (non-hydrogen) atoms. The molecule has 1 aliphatic rings. The minimum Gasteiger partial charge on any atom is -0.497 e. The van der Waals surface area contributed by atoms with Crippen LogP contribution in [0.4, 0.5) is 17.1 Å². The van der Waals surface area contributed by atoms with Crippen LogP contribution in [0.1, 0.15) is 20.7 Å². The van der Waals surface area contributed by atoms with E-state index in [0.29, 0.717) is 28.3 Å². The summed E-state index contributed by atoms with van der Waals surface area (Å²) < 4.78 is 15.1. The first-order valence-corrected chi connectivity index (χ1v) is 11.5. The first-order chi connectivity index (χ1) is 18.3. The van der Waals surface area contributed by atoms with Crippen molar-refractivity contribution in [2.24, 2.45) is 0 Å². The zero-order valence-electron chi connectivity index (χ0n) is 20.5. The van der Waals surface area contributed by atoms with E-state index in [0.717, 1.165) is 4.90 Å². The number of nitrogens with zero attached hydrogens (tertiary/aromatic N) is 1. The average molecular weight is 536 g/mol. The van der Waals surface area contributed by atoms with Crippen molar-refractivity contribution in [3.05, 3.63) is 88.6 Å². The van der Waals surface area contributed by atoms with Crippen molar-refractivity contribution in [3.8, 4) is 11.5 Å². The Labute approximate surface area is 222 Å². The summed E-state index contributed by atoms with van der Waals surface area (Å²) in [7, 11) is 4.18. The van der Waals surface area contributed by atoms with E-state index in [1.807, 2.05) is 0 Å². The Balaban J connectivity index is 1.46. The zero-order chi connectivity index (χ0) is 27.4. The summed E-state index contributed by atoms with van der Waals surface area (Å²) in [6, 6.07) is 17.1. The van der Waals surface area contributed by atoms with E-state index in [1.165, 1.54) is 39.5 Å². The van der Waals surface area contributed by atoms with Crippen LogP contribution in [0.5, 0.6) is 11.5 Å². The standard InChI is InChI=1S/C27H22ClN3O7/c1-36-19-12-13-20(21(14-19)37-2)31-25(33)22(28)23(26(31)34)29-17-8-4-15(5-9-17)24(32)30-18-10-6-16(7-11-18)27(35)38-3/h4-14,29H,1-3H3,(H,30,32). The third-order valence-corrected chi connectivity index (χ3v) is 5.99. The maximum absolute atomic E-state index is 13.1. The molecule has 0 saturated heterocycles. The molecule has 3 aromatic carbocycles. The Hall–Kier alpha value is -4.83. The number of nitrogens with one attached hydrogen (secondary N) is 2. The molecular weight excluding hydrogens is 514 g/mol. The van der Waals surface area contributed by atoms with E-state index in [9.17, 15) is 19.2 Å². The summed E-state index contributed by atoms with van der Waals surface area (Å²) in [5.74, 6) is -1.49. The number of hydrogen-bond acceptors (Lipinski definition) is 8. The number of hydrogen-bond donors (Lipinski definition) is 2. The van der Waals surface area contributed by atoms with Gasteiger partial charge in [0.2, 0.25) is 0 Å². The van der Waals surface area contributed by atoms with Crippen molar-refractivity contribution in [3.63, 3.8) is 0 Å². The number of amides is 3. The fourth-order valence-electron chi connectivity index (χ4n) is 3.66. The molecular formula is C27H22ClN3O7. The highest BCUT2D eigenvalue weighted by atomic mass is 35.5. The first kappa shape index (κ1) is 26.2. The van der Waals surface area contributed by atoms with Crippen molar-refractivity contribution < 1.29 is 33.4 Å². The zero-order valence-corrected chi connectivity index (χ0v) is 21.3. The number of benzene rings is 3. The van der Waals surface area contributed by atoms with Gasteiger partial charge in [0.15, 0.2) is 0 Å². The summed E-state index contributed by atoms with van der Waals surface area (Å²) in [4.78, 5) is 51.1. The molecule has 0 bridgehead atoms. The number of rotatable bonds is 8. The van der Waals surface area contributed by atoms with E-state index in [-0.39, 0.29) is 28.1 Å². The van der Waals surface area contributed by atoms with Gasteiger partial charge in [0, 0.05) is 23.0 Å². The largest absolute Gasteiger partial charge is 0.497 e. The van der Waals surface area contributed by atoms with Gasteiger partial charge in [-0.1, -0.05) is 11.6 Å². The van der Waals surface area contributed by atoms with E-state index in [4.69, 9.17) is 21.1 Å². The Morgan fingerprint density at radius 1 is 0.789 bits per heavy atom. The molecule has 0 aliphatic carbocycles. The highest BCUT2D eigenvalue weighted by molar-refractivity contribution is 6.53. The van der Waals surface area contributed by atoms with Gasteiger partial charge in [-0.2, -0.15) is 0 Å². The van der Waals surface area contributed by atoms with Crippen molar-refractivity contribution >= 4 is 52.4 Å². The third kappa shape index (κ3) is 5.16. The SMILES string of the molecule is COC(=O)c1ccc(NC(=O)c2ccc(NC3=C(Cl)C(=O)N(c4ccc(OC)cc4OC)C3=O)cc2)cc1. The van der Waals surface area contributed by atoms with Gasteiger partial charge in [-0.15, -0.1) is 0 Å². The number of ether oxygens (including phenoxy) is 3. The maximum Gasteiger partial charge on any atom is 0.337 e. The fraction of sp³-hybridized carbons (Fsp3) is 0.111. The molecule has 0 radical (unpaired) electrons. The quantitative estimate of drug-likeness (QED) is 0.325. The highest BCUT2D eigenvalue weighted by Crippen LogP contribution is 2.37. The highest BCUT2D eigenvalue weighted by Gasteiger charge is 2.40. The second-order valence-electron chi connectivity index (χ2n) is 7.90. The Morgan fingerprint density at radius 3 is 2.03 bits per heavy atom. The minimum absolute atomic E-state index is 0.113. The second kappa shape index (κ2) is 11.1. The lowest BCUT2D eigenvalue weighted by Gasteiger charge is -2.18. The lowest BCUT2D eigenvalue weighted by Crippen LogP contribution is -2.32. The molecule has 11 heteroatoms. The number of carbonyl (C=O) groups is 4. The maximum atomic E-state index is 13.1. The summed E-state index contributed by atoms with van der Waals surface area (Å²) >= 11 is 6.23. The van der Waals surface area contributed by atoms with Gasteiger partial charge < -0.3 is 24.8 Å². The normalized spacial score (nSPS) is 12.9. The van der Waals surface area contributed by atoms with Crippen molar-refractivity contribution in [1.82, 2.24) is 0 Å². The Bertz CT molecular complexity index is 1450. The molecule has 0 unspecified atom stereocenters. The van der Waals surface area contributed by atoms with E-state index >= 15 is 0 Å². The van der Waals surface area contributed by atoms with Gasteiger partial charge in [-0.05, 0) is 60.7 Å². The lowest BCUT2D eigenvalue weighted by atomic mass is 10.1. The van der Waals surface area contributed by atoms with Crippen LogP contribution in [0.3, 0.4) is 0 Å². The summed E-state index contributed by atoms with van der Waals surface area (Å²) in [6.45, 7) is 0. The third-order valence-electron chi connectivity index (χ3n) is 5.64. The summed E-state index contributed by atoms with van der Waals surface area (Å²) in [5, 5.41) is 5.31. The summed E-state index contributed by atoms with van der Waals surface area (Å²) in [6.07, 6.45) is 0. The molecule has 2 N–H and O–H groups in total. The average Bonchev–Trinajstić information content (AvgIpc) is 3.15. The van der Waals surface area contributed by atoms with E-state index in [2.05, 4.69) is 15.4 Å². The van der Waals surface area contributed by atoms with Crippen molar-refractivity contribution in [2.45, 2.75) is 0 Å². The molecule has 0 aromatic heterocycles. The van der Waals surface area contributed by atoms with Crippen LogP contribution in [0.2, 0.25) is 0 Å². The molecule has 1 aliphatic heterocycles. The predicted molar refractivity (Wildman–Crippen MR) is 141 cm³/mol. The second-order valence-corrected chi connectivity index (χ2v) is 8.28. The molecule has 0 fully saturated rings. The molecule has 0 saturated carbocycles. The number of esters is 1. The van der Waals surface area contributed by atoms with Crippen molar-refractivity contribution in [1.29, 1.82) is 0 Å². The molecule has 4 rings (SSSR count). The molecule has 3 amide bonds. The van der Waals surface area contributed by atoms with Crippen LogP contribution in [0, 0.1) is 0 Å². The minimum atomic E-state index is -0.711. The molecule has 3 aromatic rings. The molecule has 1 heterocycles. The van der Waals surface area contributed by atoms with Crippen LogP contribution in [-0.2, 0) is 14.3 Å². The molecule has 0 spiro atoms. The molecule has 10 nitrogen and oxygen atoms in total. The first-order valence-electron chi connectivity index (χ1n) is 11.1. The fourth-order valence-corrected chi connectivity index (χ4v) is 3.87. The number of anilines is 3. The number of methoxy groups -OCH3 is 3. The number of halogens is 1. The van der Waals surface area contributed by atoms with Gasteiger partial charge in [0.25, 0.3) is 17.7 Å². The molecule has 0 atom stereocenters. The van der Waals surface area contributed by atoms with Crippen LogP contribution in [0.15, 0.2) is 77.5 Å². The van der Waals surface area contributed by atoms with E-state index < -0.39 is 17.8 Å². The van der Waals surface area contributed by atoms with Crippen molar-refractivity contribution in [2.75, 3.05) is 36.9 Å². The van der Waals surface area contributed by atoms with Gasteiger partial charge >= 0.3 is 5.97 Å². The Morgan fingerprint density at radius 2 is 1.42 bits per heavy atom. The van der Waals surface area contributed by atoms with Crippen LogP contribution >= 0.6 is 11.6 Å². The Kier molecular flexibility index (Phi) is 7.63. The topological polar surface area (TPSA) is 123 Å². The van der Waals surface area contributed by atoms with Gasteiger partial charge in [-0.25, -0.2) is 9.69 Å². The van der Waals surface area contributed by atoms with Crippen LogP contribution in [-0.4, -0.2) is 45.0 Å². The van der Waals surface area contributed by atoms with Gasteiger partial charge in [0.1, 0.15) is 22.2 Å². The van der Waals surface area contributed by atoms with Gasteiger partial charge in [0.05, 0.1) is 32.6 Å².